The number of thioether (sulfide) groups is 1. The SMILES string of the molecule is O=C(O)CCCCCNC(=O)C1CCSC1. The van der Waals surface area contributed by atoms with Crippen LogP contribution in [0.25, 0.3) is 0 Å². The molecule has 1 rings (SSSR count). The van der Waals surface area contributed by atoms with E-state index in [1.54, 1.807) is 0 Å². The number of amides is 1. The van der Waals surface area contributed by atoms with Crippen molar-refractivity contribution in [2.24, 2.45) is 5.92 Å². The Hall–Kier alpha value is -0.710. The van der Waals surface area contributed by atoms with Crippen molar-refractivity contribution in [3.05, 3.63) is 0 Å². The number of nitrogens with one attached hydrogen (secondary N) is 1. The molecule has 0 radical (unpaired) electrons. The number of rotatable bonds is 7. The molecule has 0 bridgehead atoms. The van der Waals surface area contributed by atoms with Gasteiger partial charge in [-0.3, -0.25) is 9.59 Å². The van der Waals surface area contributed by atoms with Crippen molar-refractivity contribution < 1.29 is 14.7 Å². The second-order valence-corrected chi connectivity index (χ2v) is 5.21. The Kier molecular flexibility index (Phi) is 6.30. The molecule has 0 aromatic rings. The molecular formula is C11H19NO3S. The van der Waals surface area contributed by atoms with Crippen LogP contribution < -0.4 is 5.32 Å². The van der Waals surface area contributed by atoms with Gasteiger partial charge in [0.25, 0.3) is 0 Å². The molecule has 0 saturated carbocycles. The number of carboxylic acid groups (broad SMARTS) is 1. The van der Waals surface area contributed by atoms with Gasteiger partial charge in [0.15, 0.2) is 0 Å². The van der Waals surface area contributed by atoms with Gasteiger partial charge in [-0.25, -0.2) is 0 Å². The number of aliphatic carboxylic acids is 1. The maximum Gasteiger partial charge on any atom is 0.303 e. The Morgan fingerprint density at radius 1 is 1.31 bits per heavy atom. The number of unbranched alkanes of at least 4 members (excludes halogenated alkanes) is 2. The van der Waals surface area contributed by atoms with Crippen LogP contribution >= 0.6 is 11.8 Å². The molecule has 1 atom stereocenters. The Morgan fingerprint density at radius 3 is 2.75 bits per heavy atom. The quantitative estimate of drug-likeness (QED) is 0.667. The summed E-state index contributed by atoms with van der Waals surface area (Å²) in [5.41, 5.74) is 0. The first-order valence-electron chi connectivity index (χ1n) is 5.77. The van der Waals surface area contributed by atoms with E-state index in [1.165, 1.54) is 0 Å². The zero-order valence-electron chi connectivity index (χ0n) is 9.41. The van der Waals surface area contributed by atoms with Crippen molar-refractivity contribution in [2.75, 3.05) is 18.1 Å². The molecular weight excluding hydrogens is 226 g/mol. The summed E-state index contributed by atoms with van der Waals surface area (Å²) >= 11 is 1.83. The first-order chi connectivity index (χ1) is 7.70. The van der Waals surface area contributed by atoms with Gasteiger partial charge < -0.3 is 10.4 Å². The topological polar surface area (TPSA) is 66.4 Å². The smallest absolute Gasteiger partial charge is 0.303 e. The van der Waals surface area contributed by atoms with Crippen LogP contribution in [0.5, 0.6) is 0 Å². The molecule has 1 heterocycles. The zero-order chi connectivity index (χ0) is 11.8. The molecule has 1 aliphatic heterocycles. The Morgan fingerprint density at radius 2 is 2.12 bits per heavy atom. The van der Waals surface area contributed by atoms with E-state index in [0.717, 1.165) is 30.8 Å². The molecule has 92 valence electrons. The number of carbonyl (C=O) groups is 2. The highest BCUT2D eigenvalue weighted by molar-refractivity contribution is 7.99. The van der Waals surface area contributed by atoms with E-state index in [1.807, 2.05) is 11.8 Å². The van der Waals surface area contributed by atoms with Crippen LogP contribution in [0.3, 0.4) is 0 Å². The highest BCUT2D eigenvalue weighted by Crippen LogP contribution is 2.23. The van der Waals surface area contributed by atoms with Gasteiger partial charge in [0.2, 0.25) is 5.91 Å². The minimum absolute atomic E-state index is 0.170. The number of hydrogen-bond donors (Lipinski definition) is 2. The number of carbonyl (C=O) groups excluding carboxylic acids is 1. The summed E-state index contributed by atoms with van der Waals surface area (Å²) in [4.78, 5) is 21.8. The van der Waals surface area contributed by atoms with Crippen molar-refractivity contribution in [3.63, 3.8) is 0 Å². The Labute approximate surface area is 100 Å². The third kappa shape index (κ3) is 5.39. The van der Waals surface area contributed by atoms with Gasteiger partial charge in [0, 0.05) is 24.6 Å². The zero-order valence-corrected chi connectivity index (χ0v) is 10.2. The van der Waals surface area contributed by atoms with Gasteiger partial charge in [-0.05, 0) is 25.0 Å². The van der Waals surface area contributed by atoms with E-state index in [-0.39, 0.29) is 18.2 Å². The molecule has 0 aromatic heterocycles. The molecule has 1 amide bonds. The molecule has 1 aliphatic rings. The molecule has 1 unspecified atom stereocenters. The third-order valence-corrected chi connectivity index (χ3v) is 3.83. The highest BCUT2D eigenvalue weighted by atomic mass is 32.2. The molecule has 0 aromatic carbocycles. The van der Waals surface area contributed by atoms with Crippen LogP contribution in [0.2, 0.25) is 0 Å². The fraction of sp³-hybridized carbons (Fsp3) is 0.818. The minimum Gasteiger partial charge on any atom is -0.481 e. The first-order valence-corrected chi connectivity index (χ1v) is 6.93. The summed E-state index contributed by atoms with van der Waals surface area (Å²) in [6, 6.07) is 0. The lowest BCUT2D eigenvalue weighted by molar-refractivity contribution is -0.137. The van der Waals surface area contributed by atoms with E-state index in [0.29, 0.717) is 13.0 Å². The molecule has 0 spiro atoms. The minimum atomic E-state index is -0.744. The van der Waals surface area contributed by atoms with E-state index >= 15 is 0 Å². The normalized spacial score (nSPS) is 19.6. The van der Waals surface area contributed by atoms with Crippen molar-refractivity contribution in [3.8, 4) is 0 Å². The molecule has 2 N–H and O–H groups in total. The third-order valence-electron chi connectivity index (χ3n) is 2.67. The summed E-state index contributed by atoms with van der Waals surface area (Å²) in [5.74, 6) is 1.67. The summed E-state index contributed by atoms with van der Waals surface area (Å²) in [6.07, 6.45) is 3.66. The van der Waals surface area contributed by atoms with E-state index in [2.05, 4.69) is 5.32 Å². The monoisotopic (exact) mass is 245 g/mol. The average Bonchev–Trinajstić information content (AvgIpc) is 2.75. The molecule has 0 aliphatic carbocycles. The lowest BCUT2D eigenvalue weighted by atomic mass is 10.1. The maximum atomic E-state index is 11.6. The van der Waals surface area contributed by atoms with Crippen LogP contribution in [-0.2, 0) is 9.59 Å². The van der Waals surface area contributed by atoms with E-state index in [9.17, 15) is 9.59 Å². The molecule has 4 nitrogen and oxygen atoms in total. The first kappa shape index (κ1) is 13.4. The van der Waals surface area contributed by atoms with Gasteiger partial charge >= 0.3 is 5.97 Å². The van der Waals surface area contributed by atoms with Gasteiger partial charge in [0.05, 0.1) is 0 Å². The van der Waals surface area contributed by atoms with Gasteiger partial charge in [-0.2, -0.15) is 11.8 Å². The average molecular weight is 245 g/mol. The predicted octanol–water partition coefficient (Wildman–Crippen LogP) is 1.50. The summed E-state index contributed by atoms with van der Waals surface area (Å²) < 4.78 is 0. The van der Waals surface area contributed by atoms with Crippen LogP contribution in [0, 0.1) is 5.92 Å². The lowest BCUT2D eigenvalue weighted by Gasteiger charge is -2.09. The van der Waals surface area contributed by atoms with Gasteiger partial charge in [0.1, 0.15) is 0 Å². The fourth-order valence-corrected chi connectivity index (χ4v) is 2.90. The second kappa shape index (κ2) is 7.54. The molecule has 1 fully saturated rings. The summed E-state index contributed by atoms with van der Waals surface area (Å²) in [7, 11) is 0. The Balaban J connectivity index is 1.94. The fourth-order valence-electron chi connectivity index (χ4n) is 1.68. The second-order valence-electron chi connectivity index (χ2n) is 4.06. The van der Waals surface area contributed by atoms with E-state index < -0.39 is 5.97 Å². The Bertz CT molecular complexity index is 239. The van der Waals surface area contributed by atoms with Crippen molar-refractivity contribution >= 4 is 23.6 Å². The van der Waals surface area contributed by atoms with Crippen molar-refractivity contribution in [1.82, 2.24) is 5.32 Å². The molecule has 5 heteroatoms. The number of carboxylic acids is 1. The molecule has 1 saturated heterocycles. The number of hydrogen-bond acceptors (Lipinski definition) is 3. The van der Waals surface area contributed by atoms with Crippen LogP contribution in [0.15, 0.2) is 0 Å². The van der Waals surface area contributed by atoms with Crippen LogP contribution in [0.4, 0.5) is 0 Å². The van der Waals surface area contributed by atoms with Crippen LogP contribution in [0.1, 0.15) is 32.1 Å². The largest absolute Gasteiger partial charge is 0.481 e. The standard InChI is InChI=1S/C11H19NO3S/c13-10(14)4-2-1-3-6-12-11(15)9-5-7-16-8-9/h9H,1-8H2,(H,12,15)(H,13,14). The van der Waals surface area contributed by atoms with Crippen molar-refractivity contribution in [2.45, 2.75) is 32.1 Å². The summed E-state index contributed by atoms with van der Waals surface area (Å²) in [6.45, 7) is 0.680. The van der Waals surface area contributed by atoms with Crippen LogP contribution in [-0.4, -0.2) is 35.0 Å². The predicted molar refractivity (Wildman–Crippen MR) is 64.5 cm³/mol. The lowest BCUT2D eigenvalue weighted by Crippen LogP contribution is -2.31. The van der Waals surface area contributed by atoms with Gasteiger partial charge in [-0.1, -0.05) is 6.42 Å². The maximum absolute atomic E-state index is 11.6. The van der Waals surface area contributed by atoms with Gasteiger partial charge in [-0.15, -0.1) is 0 Å². The highest BCUT2D eigenvalue weighted by Gasteiger charge is 2.22. The van der Waals surface area contributed by atoms with Crippen molar-refractivity contribution in [1.29, 1.82) is 0 Å². The summed E-state index contributed by atoms with van der Waals surface area (Å²) in [5, 5.41) is 11.3. The van der Waals surface area contributed by atoms with E-state index in [4.69, 9.17) is 5.11 Å². The molecule has 16 heavy (non-hydrogen) atoms.